The van der Waals surface area contributed by atoms with Crippen molar-refractivity contribution in [3.8, 4) is 0 Å². The number of hydrogen-bond donors (Lipinski definition) is 3. The van der Waals surface area contributed by atoms with Crippen molar-refractivity contribution in [1.29, 1.82) is 0 Å². The van der Waals surface area contributed by atoms with Crippen LogP contribution in [0.2, 0.25) is 0 Å². The summed E-state index contributed by atoms with van der Waals surface area (Å²) >= 11 is 0. The predicted octanol–water partition coefficient (Wildman–Crippen LogP) is -0.361. The van der Waals surface area contributed by atoms with Gasteiger partial charge in [0.1, 0.15) is 18.0 Å². The molecule has 72 valence electrons. The average molecular weight is 176 g/mol. The van der Waals surface area contributed by atoms with Gasteiger partial charge in [-0.15, -0.1) is 0 Å². The van der Waals surface area contributed by atoms with Crippen LogP contribution >= 0.6 is 0 Å². The minimum atomic E-state index is -1.08. The van der Waals surface area contributed by atoms with E-state index in [1.54, 1.807) is 13.8 Å². The van der Waals surface area contributed by atoms with Crippen LogP contribution in [0.3, 0.4) is 0 Å². The van der Waals surface area contributed by atoms with Gasteiger partial charge >= 0.3 is 0 Å². The van der Waals surface area contributed by atoms with Crippen molar-refractivity contribution in [2.24, 2.45) is 0 Å². The van der Waals surface area contributed by atoms with Crippen molar-refractivity contribution < 1.29 is 20.1 Å². The molecule has 3 atom stereocenters. The van der Waals surface area contributed by atoms with E-state index in [1.807, 2.05) is 0 Å². The van der Waals surface area contributed by atoms with Crippen molar-refractivity contribution in [2.45, 2.75) is 32.2 Å². The molecule has 0 aromatic rings. The highest BCUT2D eigenvalue weighted by atomic mass is 16.5. The van der Waals surface area contributed by atoms with Gasteiger partial charge in [0.05, 0.1) is 12.7 Å². The predicted molar refractivity (Wildman–Crippen MR) is 44.5 cm³/mol. The first-order valence-electron chi connectivity index (χ1n) is 3.81. The molecule has 12 heavy (non-hydrogen) atoms. The van der Waals surface area contributed by atoms with Gasteiger partial charge in [-0.05, 0) is 13.8 Å². The highest BCUT2D eigenvalue weighted by molar-refractivity contribution is 4.92. The summed E-state index contributed by atoms with van der Waals surface area (Å²) < 4.78 is 5.01. The summed E-state index contributed by atoms with van der Waals surface area (Å²) in [5, 5.41) is 26.5. The van der Waals surface area contributed by atoms with Crippen LogP contribution in [0.5, 0.6) is 0 Å². The molecule has 0 heterocycles. The summed E-state index contributed by atoms with van der Waals surface area (Å²) in [7, 11) is 0. The molecule has 0 saturated carbocycles. The van der Waals surface area contributed by atoms with Crippen LogP contribution < -0.4 is 0 Å². The Bertz CT molecular complexity index is 144. The van der Waals surface area contributed by atoms with Crippen LogP contribution in [-0.2, 0) is 4.74 Å². The zero-order chi connectivity index (χ0) is 9.72. The number of rotatable bonds is 5. The second-order valence-electron chi connectivity index (χ2n) is 2.73. The Morgan fingerprint density at radius 1 is 1.42 bits per heavy atom. The fraction of sp³-hybridized carbons (Fsp3) is 0.750. The van der Waals surface area contributed by atoms with Gasteiger partial charge in [0.25, 0.3) is 0 Å². The molecule has 0 bridgehead atoms. The van der Waals surface area contributed by atoms with E-state index < -0.39 is 24.9 Å². The Balaban J connectivity index is 3.84. The summed E-state index contributed by atoms with van der Waals surface area (Å²) in [5.41, 5.74) is 0. The van der Waals surface area contributed by atoms with Crippen molar-refractivity contribution in [2.75, 3.05) is 6.61 Å². The molecule has 0 rings (SSSR count). The Kier molecular flexibility index (Phi) is 4.89. The molecule has 4 nitrogen and oxygen atoms in total. The van der Waals surface area contributed by atoms with Crippen LogP contribution in [0.1, 0.15) is 13.8 Å². The highest BCUT2D eigenvalue weighted by Gasteiger charge is 2.15. The SMILES string of the molecule is C=C(O[C@H](C)C(C)O)C(O)CO. The smallest absolute Gasteiger partial charge is 0.133 e. The van der Waals surface area contributed by atoms with E-state index in [-0.39, 0.29) is 5.76 Å². The number of aliphatic hydroxyl groups is 3. The summed E-state index contributed by atoms with van der Waals surface area (Å²) in [6.45, 7) is 6.20. The number of ether oxygens (including phenoxy) is 1. The Hall–Kier alpha value is -0.580. The third-order valence-corrected chi connectivity index (χ3v) is 1.56. The first-order valence-corrected chi connectivity index (χ1v) is 3.81. The maximum absolute atomic E-state index is 9.01. The van der Waals surface area contributed by atoms with Gasteiger partial charge in [-0.1, -0.05) is 6.58 Å². The second-order valence-corrected chi connectivity index (χ2v) is 2.73. The molecule has 0 amide bonds. The Morgan fingerprint density at radius 2 is 1.92 bits per heavy atom. The molecular formula is C8H16O4. The lowest BCUT2D eigenvalue weighted by molar-refractivity contribution is -0.0169. The van der Waals surface area contributed by atoms with Crippen molar-refractivity contribution in [3.05, 3.63) is 12.3 Å². The van der Waals surface area contributed by atoms with Gasteiger partial charge in [-0.25, -0.2) is 0 Å². The molecule has 0 spiro atoms. The van der Waals surface area contributed by atoms with Gasteiger partial charge < -0.3 is 20.1 Å². The molecule has 4 heteroatoms. The molecule has 0 aliphatic rings. The zero-order valence-corrected chi connectivity index (χ0v) is 7.40. The minimum absolute atomic E-state index is 0.0749. The van der Waals surface area contributed by atoms with Gasteiger partial charge in [0.2, 0.25) is 0 Å². The van der Waals surface area contributed by atoms with E-state index in [2.05, 4.69) is 6.58 Å². The molecule has 0 aromatic carbocycles. The third kappa shape index (κ3) is 3.71. The first-order chi connectivity index (χ1) is 5.49. The van der Waals surface area contributed by atoms with Crippen LogP contribution in [0.4, 0.5) is 0 Å². The fourth-order valence-corrected chi connectivity index (χ4v) is 0.518. The summed E-state index contributed by atoms with van der Waals surface area (Å²) in [4.78, 5) is 0. The average Bonchev–Trinajstić information content (AvgIpc) is 2.02. The summed E-state index contributed by atoms with van der Waals surface area (Å²) in [6.07, 6.45) is -2.14. The normalized spacial score (nSPS) is 18.1. The molecule has 2 unspecified atom stereocenters. The molecule has 0 fully saturated rings. The van der Waals surface area contributed by atoms with E-state index in [4.69, 9.17) is 20.1 Å². The molecular weight excluding hydrogens is 160 g/mol. The van der Waals surface area contributed by atoms with Crippen LogP contribution in [0.15, 0.2) is 12.3 Å². The molecule has 0 saturated heterocycles. The van der Waals surface area contributed by atoms with Gasteiger partial charge in [0.15, 0.2) is 0 Å². The minimum Gasteiger partial charge on any atom is -0.490 e. The zero-order valence-electron chi connectivity index (χ0n) is 7.40. The third-order valence-electron chi connectivity index (χ3n) is 1.56. The molecule has 0 radical (unpaired) electrons. The van der Waals surface area contributed by atoms with Crippen LogP contribution in [-0.4, -0.2) is 40.2 Å². The van der Waals surface area contributed by atoms with E-state index in [0.29, 0.717) is 0 Å². The topological polar surface area (TPSA) is 69.9 Å². The quantitative estimate of drug-likeness (QED) is 0.500. The summed E-state index contributed by atoms with van der Waals surface area (Å²) in [6, 6.07) is 0. The lowest BCUT2D eigenvalue weighted by atomic mass is 10.2. The largest absolute Gasteiger partial charge is 0.490 e. The summed E-state index contributed by atoms with van der Waals surface area (Å²) in [5.74, 6) is 0.0749. The van der Waals surface area contributed by atoms with E-state index >= 15 is 0 Å². The molecule has 3 N–H and O–H groups in total. The second kappa shape index (κ2) is 5.13. The molecule has 0 aromatic heterocycles. The Labute approximate surface area is 72.1 Å². The van der Waals surface area contributed by atoms with Crippen LogP contribution in [0.25, 0.3) is 0 Å². The standard InChI is InChI=1S/C8H16O4/c1-5(10)6(2)12-7(3)8(11)4-9/h5-6,8-11H,3-4H2,1-2H3/t5?,6-,8?/m1/s1. The molecule has 0 aliphatic heterocycles. The van der Waals surface area contributed by atoms with E-state index in [9.17, 15) is 0 Å². The van der Waals surface area contributed by atoms with Crippen molar-refractivity contribution >= 4 is 0 Å². The lowest BCUT2D eigenvalue weighted by Gasteiger charge is -2.20. The lowest BCUT2D eigenvalue weighted by Crippen LogP contribution is -2.26. The van der Waals surface area contributed by atoms with Gasteiger partial charge in [0, 0.05) is 0 Å². The van der Waals surface area contributed by atoms with Crippen LogP contribution in [0, 0.1) is 0 Å². The maximum atomic E-state index is 9.01. The van der Waals surface area contributed by atoms with Crippen molar-refractivity contribution in [3.63, 3.8) is 0 Å². The molecule has 0 aliphatic carbocycles. The van der Waals surface area contributed by atoms with E-state index in [0.717, 1.165) is 0 Å². The van der Waals surface area contributed by atoms with Gasteiger partial charge in [-0.3, -0.25) is 0 Å². The maximum Gasteiger partial charge on any atom is 0.133 e. The first kappa shape index (κ1) is 11.4. The van der Waals surface area contributed by atoms with E-state index in [1.165, 1.54) is 0 Å². The Morgan fingerprint density at radius 3 is 2.25 bits per heavy atom. The number of aliphatic hydroxyl groups excluding tert-OH is 3. The van der Waals surface area contributed by atoms with Gasteiger partial charge in [-0.2, -0.15) is 0 Å². The monoisotopic (exact) mass is 176 g/mol. The number of hydrogen-bond acceptors (Lipinski definition) is 4. The highest BCUT2D eigenvalue weighted by Crippen LogP contribution is 2.07. The fourth-order valence-electron chi connectivity index (χ4n) is 0.518. The van der Waals surface area contributed by atoms with Crippen molar-refractivity contribution in [1.82, 2.24) is 0 Å².